The summed E-state index contributed by atoms with van der Waals surface area (Å²) in [5.74, 6) is -0.396. The van der Waals surface area contributed by atoms with E-state index >= 15 is 0 Å². The lowest BCUT2D eigenvalue weighted by Crippen LogP contribution is -2.43. The molecule has 0 radical (unpaired) electrons. The average molecular weight is 378 g/mol. The molecule has 0 aromatic heterocycles. The number of hydrogen-bond acceptors (Lipinski definition) is 2. The molecular weight excluding hydrogens is 353 g/mol. The zero-order chi connectivity index (χ0) is 20.2. The number of nitrogens with one attached hydrogen (secondary N) is 1. The van der Waals surface area contributed by atoms with Crippen molar-refractivity contribution in [3.63, 3.8) is 0 Å². The highest BCUT2D eigenvalue weighted by Gasteiger charge is 2.51. The van der Waals surface area contributed by atoms with Crippen LogP contribution < -0.4 is 5.43 Å². The Hall–Kier alpha value is -2.08. The van der Waals surface area contributed by atoms with E-state index in [1.807, 2.05) is 32.9 Å². The predicted octanol–water partition coefficient (Wildman–Crippen LogP) is 5.11. The maximum Gasteiger partial charge on any atom is 0.409 e. The number of nitrogens with zero attached hydrogens (tertiary/aromatic N) is 1. The van der Waals surface area contributed by atoms with Gasteiger partial charge in [-0.2, -0.15) is 13.2 Å². The topological polar surface area (TPSA) is 32.3 Å². The lowest BCUT2D eigenvalue weighted by Gasteiger charge is -2.31. The molecular formula is C21H25F3N2O. The first kappa shape index (κ1) is 19.7. The number of benzene rings is 2. The summed E-state index contributed by atoms with van der Waals surface area (Å²) in [5.41, 5.74) is 2.51. The highest BCUT2D eigenvalue weighted by Crippen LogP contribution is 2.43. The van der Waals surface area contributed by atoms with Gasteiger partial charge in [-0.05, 0) is 41.2 Å². The van der Waals surface area contributed by atoms with Gasteiger partial charge in [0.25, 0.3) is 0 Å². The third-order valence-corrected chi connectivity index (χ3v) is 5.11. The van der Waals surface area contributed by atoms with Crippen molar-refractivity contribution >= 4 is 16.7 Å². The zero-order valence-electron chi connectivity index (χ0n) is 16.2. The lowest BCUT2D eigenvalue weighted by atomic mass is 9.82. The van der Waals surface area contributed by atoms with Gasteiger partial charge in [0.15, 0.2) is 6.04 Å². The second-order valence-corrected chi connectivity index (χ2v) is 8.89. The van der Waals surface area contributed by atoms with Gasteiger partial charge in [-0.3, -0.25) is 10.2 Å². The first-order valence-corrected chi connectivity index (χ1v) is 8.99. The fourth-order valence-corrected chi connectivity index (χ4v) is 3.72. The van der Waals surface area contributed by atoms with E-state index in [4.69, 9.17) is 0 Å². The predicted molar refractivity (Wildman–Crippen MR) is 100 cm³/mol. The number of hydrazine groups is 1. The lowest BCUT2D eigenvalue weighted by molar-refractivity contribution is -0.191. The standard InChI is InChI=1S/C21H25F3N2O/c1-19(2,3)16-11-7-8-13-14(16)9-6-10-15(13)17(21(22,23)24)26-12-20(4,5)18(27)25-26/h6-11,17H,12H2,1-5H3,(H,25,27)/t17-/m0/s1. The molecule has 2 aromatic rings. The van der Waals surface area contributed by atoms with Crippen molar-refractivity contribution in [3.8, 4) is 0 Å². The van der Waals surface area contributed by atoms with E-state index in [1.165, 1.54) is 6.07 Å². The Morgan fingerprint density at radius 3 is 2.15 bits per heavy atom. The second-order valence-electron chi connectivity index (χ2n) is 8.89. The maximum atomic E-state index is 14.1. The molecule has 6 heteroatoms. The Labute approximate surface area is 157 Å². The molecule has 1 aliphatic heterocycles. The largest absolute Gasteiger partial charge is 0.409 e. The van der Waals surface area contributed by atoms with E-state index in [-0.39, 0.29) is 17.5 Å². The van der Waals surface area contributed by atoms with Crippen LogP contribution in [0.15, 0.2) is 36.4 Å². The Balaban J connectivity index is 2.20. The van der Waals surface area contributed by atoms with Gasteiger partial charge in [0.1, 0.15) is 0 Å². The van der Waals surface area contributed by atoms with Crippen LogP contribution >= 0.6 is 0 Å². The number of amides is 1. The van der Waals surface area contributed by atoms with E-state index in [9.17, 15) is 18.0 Å². The molecule has 0 saturated carbocycles. The Bertz CT molecular complexity index is 881. The third-order valence-electron chi connectivity index (χ3n) is 5.11. The number of carbonyl (C=O) groups excluding carboxylic acids is 1. The molecule has 1 N–H and O–H groups in total. The number of rotatable bonds is 2. The van der Waals surface area contributed by atoms with Crippen molar-refractivity contribution in [1.29, 1.82) is 0 Å². The normalized spacial score (nSPS) is 19.3. The van der Waals surface area contributed by atoms with Crippen LogP contribution in [0.25, 0.3) is 10.8 Å². The summed E-state index contributed by atoms with van der Waals surface area (Å²) < 4.78 is 42.3. The van der Waals surface area contributed by atoms with Gasteiger partial charge in [0.2, 0.25) is 5.91 Å². The van der Waals surface area contributed by atoms with Crippen LogP contribution in [0.4, 0.5) is 13.2 Å². The molecule has 1 aliphatic rings. The molecule has 2 aromatic carbocycles. The van der Waals surface area contributed by atoms with Gasteiger partial charge in [-0.1, -0.05) is 57.2 Å². The molecule has 0 spiro atoms. The molecule has 1 saturated heterocycles. The highest BCUT2D eigenvalue weighted by atomic mass is 19.4. The number of fused-ring (bicyclic) bond motifs is 1. The van der Waals surface area contributed by atoms with Crippen molar-refractivity contribution in [2.75, 3.05) is 6.54 Å². The first-order chi connectivity index (χ1) is 12.3. The third kappa shape index (κ3) is 3.55. The average Bonchev–Trinajstić information content (AvgIpc) is 2.77. The smallest absolute Gasteiger partial charge is 0.287 e. The number of hydrogen-bond donors (Lipinski definition) is 1. The van der Waals surface area contributed by atoms with E-state index in [0.29, 0.717) is 5.39 Å². The van der Waals surface area contributed by atoms with Gasteiger partial charge in [-0.15, -0.1) is 0 Å². The van der Waals surface area contributed by atoms with Crippen LogP contribution in [-0.4, -0.2) is 23.6 Å². The molecule has 146 valence electrons. The van der Waals surface area contributed by atoms with Crippen molar-refractivity contribution in [2.45, 2.75) is 52.3 Å². The maximum absolute atomic E-state index is 14.1. The van der Waals surface area contributed by atoms with Crippen molar-refractivity contribution in [3.05, 3.63) is 47.5 Å². The minimum atomic E-state index is -4.53. The van der Waals surface area contributed by atoms with Crippen LogP contribution in [0.3, 0.4) is 0 Å². The van der Waals surface area contributed by atoms with Crippen LogP contribution in [0.2, 0.25) is 0 Å². The van der Waals surface area contributed by atoms with Gasteiger partial charge >= 0.3 is 6.18 Å². The SMILES string of the molecule is CC1(C)CN([C@@H](c2cccc3c(C(C)(C)C)cccc23)C(F)(F)F)NC1=O. The molecule has 1 fully saturated rings. The fourth-order valence-electron chi connectivity index (χ4n) is 3.72. The molecule has 3 rings (SSSR count). The summed E-state index contributed by atoms with van der Waals surface area (Å²) in [6.07, 6.45) is -4.53. The summed E-state index contributed by atoms with van der Waals surface area (Å²) in [7, 11) is 0. The number of carbonyl (C=O) groups is 1. The van der Waals surface area contributed by atoms with Gasteiger partial charge in [0, 0.05) is 6.54 Å². The van der Waals surface area contributed by atoms with Gasteiger partial charge in [-0.25, -0.2) is 5.01 Å². The van der Waals surface area contributed by atoms with Crippen LogP contribution in [0.5, 0.6) is 0 Å². The zero-order valence-corrected chi connectivity index (χ0v) is 16.2. The number of alkyl halides is 3. The molecule has 1 amide bonds. The Morgan fingerprint density at radius 2 is 1.63 bits per heavy atom. The van der Waals surface area contributed by atoms with Crippen LogP contribution in [0, 0.1) is 5.41 Å². The summed E-state index contributed by atoms with van der Waals surface area (Å²) >= 11 is 0. The minimum absolute atomic E-state index is 0.00857. The minimum Gasteiger partial charge on any atom is -0.287 e. The highest BCUT2D eigenvalue weighted by molar-refractivity contribution is 5.90. The monoisotopic (exact) mass is 378 g/mol. The molecule has 3 nitrogen and oxygen atoms in total. The molecule has 0 aliphatic carbocycles. The van der Waals surface area contributed by atoms with Crippen molar-refractivity contribution in [2.24, 2.45) is 5.41 Å². The molecule has 0 bridgehead atoms. The Kier molecular flexibility index (Phi) is 4.54. The van der Waals surface area contributed by atoms with E-state index in [0.717, 1.165) is 16.0 Å². The van der Waals surface area contributed by atoms with Gasteiger partial charge in [0.05, 0.1) is 5.41 Å². The summed E-state index contributed by atoms with van der Waals surface area (Å²) in [4.78, 5) is 12.1. The van der Waals surface area contributed by atoms with E-state index in [1.54, 1.807) is 32.0 Å². The van der Waals surface area contributed by atoms with Gasteiger partial charge < -0.3 is 0 Å². The second kappa shape index (κ2) is 6.23. The fraction of sp³-hybridized carbons (Fsp3) is 0.476. The number of halogens is 3. The van der Waals surface area contributed by atoms with E-state index in [2.05, 4.69) is 5.43 Å². The van der Waals surface area contributed by atoms with Crippen LogP contribution in [0.1, 0.15) is 51.8 Å². The van der Waals surface area contributed by atoms with Crippen molar-refractivity contribution < 1.29 is 18.0 Å². The summed E-state index contributed by atoms with van der Waals surface area (Å²) in [6, 6.07) is 8.60. The van der Waals surface area contributed by atoms with Crippen LogP contribution in [-0.2, 0) is 10.2 Å². The van der Waals surface area contributed by atoms with E-state index < -0.39 is 23.5 Å². The summed E-state index contributed by atoms with van der Waals surface area (Å²) in [5, 5.41) is 2.40. The quantitative estimate of drug-likeness (QED) is 0.787. The summed E-state index contributed by atoms with van der Waals surface area (Å²) in [6.45, 7) is 9.41. The first-order valence-electron chi connectivity index (χ1n) is 8.99. The Morgan fingerprint density at radius 1 is 1.04 bits per heavy atom. The molecule has 1 atom stereocenters. The van der Waals surface area contributed by atoms with Crippen molar-refractivity contribution in [1.82, 2.24) is 10.4 Å². The molecule has 1 heterocycles. The molecule has 0 unspecified atom stereocenters. The molecule has 27 heavy (non-hydrogen) atoms.